The van der Waals surface area contributed by atoms with Crippen LogP contribution in [0.5, 0.6) is 0 Å². The number of hydrogen-bond acceptors (Lipinski definition) is 3. The number of aryl methyl sites for hydroxylation is 1. The fraction of sp³-hybridized carbons (Fsp3) is 0.176. The first kappa shape index (κ1) is 15.6. The number of rotatable bonds is 4. The minimum atomic E-state index is -2.63. The molecule has 1 aromatic carbocycles. The Morgan fingerprint density at radius 3 is 2.43 bits per heavy atom. The summed E-state index contributed by atoms with van der Waals surface area (Å²) < 4.78 is 27.6. The topological polar surface area (TPSA) is 34.9 Å². The van der Waals surface area contributed by atoms with Gasteiger partial charge in [0.15, 0.2) is 5.78 Å². The Hall–Kier alpha value is -2.34. The smallest absolute Gasteiger partial charge is 0.282 e. The van der Waals surface area contributed by atoms with Crippen LogP contribution in [0.2, 0.25) is 0 Å². The van der Waals surface area contributed by atoms with E-state index in [0.29, 0.717) is 16.9 Å². The summed E-state index contributed by atoms with van der Waals surface area (Å²) in [4.78, 5) is 12.2. The summed E-state index contributed by atoms with van der Waals surface area (Å²) in [6, 6.07) is 10.1. The second-order valence-corrected chi connectivity index (χ2v) is 6.17. The maximum absolute atomic E-state index is 13.0. The highest BCUT2D eigenvalue weighted by atomic mass is 32.1. The summed E-state index contributed by atoms with van der Waals surface area (Å²) in [6.07, 6.45) is -2.63. The zero-order valence-electron chi connectivity index (χ0n) is 12.6. The standard InChI is InChI=1S/C17H14F2N2OS/c1-10-7-16(23-9-10)15-8-14(17(18)19)20-21(15)13-5-3-12(4-6-13)11(2)22/h3-9,17H,1-2H3. The molecular weight excluding hydrogens is 318 g/mol. The Morgan fingerprint density at radius 1 is 1.22 bits per heavy atom. The number of ketones is 1. The molecule has 0 radical (unpaired) electrons. The lowest BCUT2D eigenvalue weighted by Crippen LogP contribution is -2.00. The number of nitrogens with zero attached hydrogens (tertiary/aromatic N) is 2. The molecule has 2 heterocycles. The van der Waals surface area contributed by atoms with Gasteiger partial charge in [-0.15, -0.1) is 11.3 Å². The van der Waals surface area contributed by atoms with Gasteiger partial charge < -0.3 is 0 Å². The van der Waals surface area contributed by atoms with E-state index in [1.807, 2.05) is 18.4 Å². The third-order valence-electron chi connectivity index (χ3n) is 3.45. The minimum Gasteiger partial charge on any atom is -0.295 e. The third kappa shape index (κ3) is 3.07. The number of carbonyl (C=O) groups excluding carboxylic acids is 1. The van der Waals surface area contributed by atoms with E-state index in [-0.39, 0.29) is 11.5 Å². The van der Waals surface area contributed by atoms with Gasteiger partial charge in [0.1, 0.15) is 5.69 Å². The van der Waals surface area contributed by atoms with Crippen LogP contribution < -0.4 is 0 Å². The first-order chi connectivity index (χ1) is 11.0. The van der Waals surface area contributed by atoms with E-state index in [1.165, 1.54) is 29.0 Å². The van der Waals surface area contributed by atoms with Crippen molar-refractivity contribution in [1.82, 2.24) is 9.78 Å². The molecule has 3 aromatic rings. The molecular formula is C17H14F2N2OS. The van der Waals surface area contributed by atoms with Crippen molar-refractivity contribution in [3.05, 3.63) is 58.6 Å². The molecule has 2 aromatic heterocycles. The lowest BCUT2D eigenvalue weighted by molar-refractivity contribution is 0.101. The number of hydrogen-bond donors (Lipinski definition) is 0. The van der Waals surface area contributed by atoms with Crippen LogP contribution >= 0.6 is 11.3 Å². The van der Waals surface area contributed by atoms with Crippen LogP contribution in [0, 0.1) is 6.92 Å². The van der Waals surface area contributed by atoms with Crippen LogP contribution in [0.25, 0.3) is 16.3 Å². The molecule has 6 heteroatoms. The van der Waals surface area contributed by atoms with Gasteiger partial charge in [0, 0.05) is 5.56 Å². The van der Waals surface area contributed by atoms with E-state index in [2.05, 4.69) is 5.10 Å². The molecule has 0 bridgehead atoms. The van der Waals surface area contributed by atoms with Gasteiger partial charge in [-0.05, 0) is 61.2 Å². The molecule has 0 saturated heterocycles. The molecule has 0 N–H and O–H groups in total. The third-order valence-corrected chi connectivity index (χ3v) is 4.52. The second kappa shape index (κ2) is 6.04. The summed E-state index contributed by atoms with van der Waals surface area (Å²) in [5.74, 6) is -0.0422. The van der Waals surface area contributed by atoms with E-state index in [9.17, 15) is 13.6 Å². The Kier molecular flexibility index (Phi) is 4.09. The van der Waals surface area contributed by atoms with Crippen molar-refractivity contribution in [2.24, 2.45) is 0 Å². The predicted octanol–water partition coefficient (Wildman–Crippen LogP) is 5.05. The zero-order chi connectivity index (χ0) is 16.6. The van der Waals surface area contributed by atoms with E-state index >= 15 is 0 Å². The SMILES string of the molecule is CC(=O)c1ccc(-n2nc(C(F)F)cc2-c2cc(C)cs2)cc1. The number of benzene rings is 1. The molecule has 23 heavy (non-hydrogen) atoms. The fourth-order valence-electron chi connectivity index (χ4n) is 2.28. The van der Waals surface area contributed by atoms with Crippen LogP contribution in [0.1, 0.15) is 35.0 Å². The van der Waals surface area contributed by atoms with Gasteiger partial charge in [-0.25, -0.2) is 13.5 Å². The molecule has 0 aliphatic carbocycles. The van der Waals surface area contributed by atoms with Gasteiger partial charge in [-0.1, -0.05) is 0 Å². The molecule has 0 fully saturated rings. The van der Waals surface area contributed by atoms with Crippen molar-refractivity contribution in [1.29, 1.82) is 0 Å². The predicted molar refractivity (Wildman–Crippen MR) is 86.6 cm³/mol. The van der Waals surface area contributed by atoms with Crippen LogP contribution in [-0.2, 0) is 0 Å². The van der Waals surface area contributed by atoms with Crippen molar-refractivity contribution in [2.45, 2.75) is 20.3 Å². The molecule has 0 saturated carbocycles. The maximum atomic E-state index is 13.0. The molecule has 118 valence electrons. The van der Waals surface area contributed by atoms with Crippen molar-refractivity contribution in [2.75, 3.05) is 0 Å². The van der Waals surface area contributed by atoms with E-state index in [1.54, 1.807) is 24.3 Å². The van der Waals surface area contributed by atoms with Gasteiger partial charge in [-0.2, -0.15) is 5.10 Å². The summed E-state index contributed by atoms with van der Waals surface area (Å²) in [7, 11) is 0. The Balaban J connectivity index is 2.11. The molecule has 0 aliphatic heterocycles. The molecule has 0 spiro atoms. The van der Waals surface area contributed by atoms with Crippen LogP contribution in [0.3, 0.4) is 0 Å². The molecule has 3 rings (SSSR count). The van der Waals surface area contributed by atoms with Crippen molar-refractivity contribution >= 4 is 17.1 Å². The number of halogens is 2. The van der Waals surface area contributed by atoms with Crippen LogP contribution in [0.4, 0.5) is 8.78 Å². The zero-order valence-corrected chi connectivity index (χ0v) is 13.4. The monoisotopic (exact) mass is 332 g/mol. The van der Waals surface area contributed by atoms with Crippen LogP contribution in [-0.4, -0.2) is 15.6 Å². The van der Waals surface area contributed by atoms with E-state index < -0.39 is 6.43 Å². The minimum absolute atomic E-state index is 0.0422. The summed E-state index contributed by atoms with van der Waals surface area (Å²) in [6.45, 7) is 3.44. The van der Waals surface area contributed by atoms with Gasteiger partial charge in [0.2, 0.25) is 0 Å². The number of alkyl halides is 2. The Labute approximate surface area is 136 Å². The molecule has 0 amide bonds. The van der Waals surface area contributed by atoms with Gasteiger partial charge in [0.25, 0.3) is 6.43 Å². The molecule has 3 nitrogen and oxygen atoms in total. The number of carbonyl (C=O) groups is 1. The number of aromatic nitrogens is 2. The Morgan fingerprint density at radius 2 is 1.91 bits per heavy atom. The first-order valence-electron chi connectivity index (χ1n) is 7.00. The second-order valence-electron chi connectivity index (χ2n) is 5.26. The molecule has 0 aliphatic rings. The summed E-state index contributed by atoms with van der Waals surface area (Å²) >= 11 is 1.48. The highest BCUT2D eigenvalue weighted by Gasteiger charge is 2.18. The van der Waals surface area contributed by atoms with E-state index in [4.69, 9.17) is 0 Å². The van der Waals surface area contributed by atoms with Gasteiger partial charge in [-0.3, -0.25) is 4.79 Å². The lowest BCUT2D eigenvalue weighted by Gasteiger charge is -2.06. The summed E-state index contributed by atoms with van der Waals surface area (Å²) in [5, 5.41) is 5.99. The molecule has 0 unspecified atom stereocenters. The molecule has 0 atom stereocenters. The summed E-state index contributed by atoms with van der Waals surface area (Å²) in [5.41, 5.74) is 2.64. The lowest BCUT2D eigenvalue weighted by atomic mass is 10.1. The number of Topliss-reactive ketones (excluding diaryl/α,β-unsaturated/α-hetero) is 1. The average molecular weight is 332 g/mol. The largest absolute Gasteiger partial charge is 0.295 e. The van der Waals surface area contributed by atoms with Crippen molar-refractivity contribution in [3.63, 3.8) is 0 Å². The fourth-order valence-corrected chi connectivity index (χ4v) is 3.18. The number of thiophene rings is 1. The quantitative estimate of drug-likeness (QED) is 0.627. The Bertz CT molecular complexity index is 850. The maximum Gasteiger partial charge on any atom is 0.282 e. The van der Waals surface area contributed by atoms with Crippen LogP contribution in [0.15, 0.2) is 41.8 Å². The normalized spacial score (nSPS) is 11.2. The first-order valence-corrected chi connectivity index (χ1v) is 7.88. The van der Waals surface area contributed by atoms with Gasteiger partial charge >= 0.3 is 0 Å². The average Bonchev–Trinajstić information content (AvgIpc) is 3.13. The highest BCUT2D eigenvalue weighted by Crippen LogP contribution is 2.32. The van der Waals surface area contributed by atoms with Gasteiger partial charge in [0.05, 0.1) is 16.3 Å². The van der Waals surface area contributed by atoms with Crippen molar-refractivity contribution < 1.29 is 13.6 Å². The van der Waals surface area contributed by atoms with Crippen molar-refractivity contribution in [3.8, 4) is 16.3 Å². The van der Waals surface area contributed by atoms with E-state index in [0.717, 1.165) is 10.4 Å². The highest BCUT2D eigenvalue weighted by molar-refractivity contribution is 7.13.